The Kier molecular flexibility index (Phi) is 3.37. The zero-order valence-corrected chi connectivity index (χ0v) is 9.77. The van der Waals surface area contributed by atoms with Gasteiger partial charge in [-0.3, -0.25) is 0 Å². The maximum absolute atomic E-state index is 3.05. The van der Waals surface area contributed by atoms with Crippen LogP contribution in [0.5, 0.6) is 0 Å². The Labute approximate surface area is 97.3 Å². The van der Waals surface area contributed by atoms with E-state index >= 15 is 0 Å². The molecule has 1 nitrogen and oxygen atoms in total. The van der Waals surface area contributed by atoms with Crippen LogP contribution in [-0.2, 0) is 6.54 Å². The Balaban J connectivity index is 2.41. The number of hydrogen-bond acceptors (Lipinski definition) is 1. The normalized spacial score (nSPS) is 10.7. The van der Waals surface area contributed by atoms with E-state index in [1.54, 1.807) is 0 Å². The molecule has 0 aromatic heterocycles. The molecule has 0 saturated heterocycles. The summed E-state index contributed by atoms with van der Waals surface area (Å²) in [6.45, 7) is 0.967. The average Bonchev–Trinajstić information content (AvgIpc) is 2.30. The van der Waals surface area contributed by atoms with Gasteiger partial charge in [0, 0.05) is 6.54 Å². The molecule has 0 fully saturated rings. The van der Waals surface area contributed by atoms with Gasteiger partial charge in [-0.1, -0.05) is 48.5 Å². The summed E-state index contributed by atoms with van der Waals surface area (Å²) in [5.41, 5.74) is 3.93. The molecule has 2 aromatic carbocycles. The molecule has 0 aliphatic carbocycles. The topological polar surface area (TPSA) is 3.24 Å². The molecule has 0 atom stereocenters. The Bertz CT molecular complexity index is 446. The lowest BCUT2D eigenvalue weighted by Crippen LogP contribution is -2.11. The largest absolute Gasteiger partial charge is 0.305 e. The minimum atomic E-state index is 0.967. The molecule has 16 heavy (non-hydrogen) atoms. The van der Waals surface area contributed by atoms with E-state index in [1.165, 1.54) is 16.7 Å². The summed E-state index contributed by atoms with van der Waals surface area (Å²) in [7, 11) is 4.19. The van der Waals surface area contributed by atoms with Crippen molar-refractivity contribution in [2.45, 2.75) is 6.54 Å². The Morgan fingerprint density at radius 3 is 2.38 bits per heavy atom. The molecule has 1 heteroatoms. The van der Waals surface area contributed by atoms with Crippen molar-refractivity contribution in [1.82, 2.24) is 4.90 Å². The average molecular weight is 210 g/mol. The van der Waals surface area contributed by atoms with Gasteiger partial charge in [0.05, 0.1) is 0 Å². The van der Waals surface area contributed by atoms with E-state index in [2.05, 4.69) is 61.5 Å². The smallest absolute Gasteiger partial charge is 0.0233 e. The van der Waals surface area contributed by atoms with Gasteiger partial charge < -0.3 is 4.90 Å². The van der Waals surface area contributed by atoms with Crippen molar-refractivity contribution >= 4 is 0 Å². The molecule has 2 aromatic rings. The van der Waals surface area contributed by atoms with Gasteiger partial charge in [-0.05, 0) is 36.9 Å². The van der Waals surface area contributed by atoms with Crippen molar-refractivity contribution in [3.63, 3.8) is 0 Å². The van der Waals surface area contributed by atoms with Gasteiger partial charge >= 0.3 is 0 Å². The van der Waals surface area contributed by atoms with E-state index in [1.807, 2.05) is 12.1 Å². The van der Waals surface area contributed by atoms with Gasteiger partial charge in [-0.2, -0.15) is 0 Å². The highest BCUT2D eigenvalue weighted by molar-refractivity contribution is 5.67. The molecule has 0 aliphatic rings. The predicted molar refractivity (Wildman–Crippen MR) is 68.1 cm³/mol. The highest BCUT2D eigenvalue weighted by Crippen LogP contribution is 2.23. The van der Waals surface area contributed by atoms with Crippen LogP contribution in [-0.4, -0.2) is 19.0 Å². The summed E-state index contributed by atoms with van der Waals surface area (Å²) >= 11 is 0. The third-order valence-electron chi connectivity index (χ3n) is 2.53. The summed E-state index contributed by atoms with van der Waals surface area (Å²) in [6, 6.07) is 19.7. The number of hydrogen-bond donors (Lipinski definition) is 0. The van der Waals surface area contributed by atoms with Crippen LogP contribution >= 0.6 is 0 Å². The SMILES string of the molecule is CN(C)Cc1ccccc1-c1cc[c]cc1. The second kappa shape index (κ2) is 4.95. The van der Waals surface area contributed by atoms with Gasteiger partial charge in [-0.15, -0.1) is 0 Å². The molecule has 0 amide bonds. The van der Waals surface area contributed by atoms with E-state index in [0.717, 1.165) is 6.54 Å². The van der Waals surface area contributed by atoms with Crippen LogP contribution < -0.4 is 0 Å². The summed E-state index contributed by atoms with van der Waals surface area (Å²) in [4.78, 5) is 2.19. The van der Waals surface area contributed by atoms with Gasteiger partial charge in [0.15, 0.2) is 0 Å². The fourth-order valence-electron chi connectivity index (χ4n) is 1.85. The van der Waals surface area contributed by atoms with Crippen molar-refractivity contribution < 1.29 is 0 Å². The minimum absolute atomic E-state index is 0.967. The quantitative estimate of drug-likeness (QED) is 0.752. The van der Waals surface area contributed by atoms with Crippen LogP contribution in [0.2, 0.25) is 0 Å². The second-order valence-corrected chi connectivity index (χ2v) is 4.18. The molecular weight excluding hydrogens is 194 g/mol. The molecule has 0 spiro atoms. The van der Waals surface area contributed by atoms with E-state index in [9.17, 15) is 0 Å². The molecule has 0 N–H and O–H groups in total. The van der Waals surface area contributed by atoms with Gasteiger partial charge in [0.25, 0.3) is 0 Å². The number of nitrogens with zero attached hydrogens (tertiary/aromatic N) is 1. The first kappa shape index (κ1) is 10.9. The van der Waals surface area contributed by atoms with Crippen LogP contribution in [0.4, 0.5) is 0 Å². The molecule has 0 saturated carbocycles. The lowest BCUT2D eigenvalue weighted by molar-refractivity contribution is 0.403. The van der Waals surface area contributed by atoms with Crippen molar-refractivity contribution in [3.05, 3.63) is 60.2 Å². The first-order valence-electron chi connectivity index (χ1n) is 5.46. The summed E-state index contributed by atoms with van der Waals surface area (Å²) in [5, 5.41) is 0. The fraction of sp³-hybridized carbons (Fsp3) is 0.200. The van der Waals surface area contributed by atoms with E-state index < -0.39 is 0 Å². The Morgan fingerprint density at radius 1 is 1.00 bits per heavy atom. The molecule has 2 rings (SSSR count). The molecular formula is C15H16N. The third-order valence-corrected chi connectivity index (χ3v) is 2.53. The first-order valence-corrected chi connectivity index (χ1v) is 5.46. The van der Waals surface area contributed by atoms with Crippen LogP contribution in [0.3, 0.4) is 0 Å². The zero-order valence-electron chi connectivity index (χ0n) is 9.77. The van der Waals surface area contributed by atoms with Crippen molar-refractivity contribution in [2.24, 2.45) is 0 Å². The minimum Gasteiger partial charge on any atom is -0.305 e. The maximum Gasteiger partial charge on any atom is 0.0233 e. The monoisotopic (exact) mass is 210 g/mol. The van der Waals surface area contributed by atoms with E-state index in [-0.39, 0.29) is 0 Å². The molecule has 0 unspecified atom stereocenters. The molecule has 81 valence electrons. The van der Waals surface area contributed by atoms with Gasteiger partial charge in [-0.25, -0.2) is 0 Å². The summed E-state index contributed by atoms with van der Waals surface area (Å²) in [6.07, 6.45) is 0. The highest BCUT2D eigenvalue weighted by atomic mass is 15.0. The van der Waals surface area contributed by atoms with E-state index in [0.29, 0.717) is 0 Å². The Hall–Kier alpha value is -1.60. The van der Waals surface area contributed by atoms with Crippen LogP contribution in [0.25, 0.3) is 11.1 Å². The second-order valence-electron chi connectivity index (χ2n) is 4.18. The van der Waals surface area contributed by atoms with Crippen LogP contribution in [0.1, 0.15) is 5.56 Å². The zero-order chi connectivity index (χ0) is 11.4. The van der Waals surface area contributed by atoms with Gasteiger partial charge in [0.2, 0.25) is 0 Å². The van der Waals surface area contributed by atoms with Gasteiger partial charge in [0.1, 0.15) is 0 Å². The molecule has 0 heterocycles. The standard InChI is InChI=1S/C15H16N/c1-16(2)12-14-10-6-7-11-15(14)13-8-4-3-5-9-13/h4-11H,12H2,1-2H3. The van der Waals surface area contributed by atoms with Crippen molar-refractivity contribution in [2.75, 3.05) is 14.1 Å². The van der Waals surface area contributed by atoms with Crippen molar-refractivity contribution in [3.8, 4) is 11.1 Å². The Morgan fingerprint density at radius 2 is 1.69 bits per heavy atom. The highest BCUT2D eigenvalue weighted by Gasteiger charge is 2.04. The lowest BCUT2D eigenvalue weighted by Gasteiger charge is -2.14. The first-order chi connectivity index (χ1) is 7.77. The van der Waals surface area contributed by atoms with Crippen LogP contribution in [0.15, 0.2) is 48.5 Å². The predicted octanol–water partition coefficient (Wildman–Crippen LogP) is 3.22. The molecule has 0 aliphatic heterocycles. The molecule has 0 bridgehead atoms. The number of rotatable bonds is 3. The maximum atomic E-state index is 3.05. The van der Waals surface area contributed by atoms with Crippen LogP contribution in [0, 0.1) is 6.07 Å². The molecule has 1 radical (unpaired) electrons. The van der Waals surface area contributed by atoms with E-state index in [4.69, 9.17) is 0 Å². The summed E-state index contributed by atoms with van der Waals surface area (Å²) in [5.74, 6) is 0. The van der Waals surface area contributed by atoms with Crippen molar-refractivity contribution in [1.29, 1.82) is 0 Å². The lowest BCUT2D eigenvalue weighted by atomic mass is 9.99. The number of benzene rings is 2. The third kappa shape index (κ3) is 2.50. The summed E-state index contributed by atoms with van der Waals surface area (Å²) < 4.78 is 0. The fourth-order valence-corrected chi connectivity index (χ4v) is 1.85.